The minimum atomic E-state index is -0.914. The van der Waals surface area contributed by atoms with Crippen LogP contribution in [0.15, 0.2) is 16.6 Å². The summed E-state index contributed by atoms with van der Waals surface area (Å²) < 4.78 is 1.03. The van der Waals surface area contributed by atoms with Gasteiger partial charge in [-0.25, -0.2) is 0 Å². The smallest absolute Gasteiger partial charge is 0.313 e. The summed E-state index contributed by atoms with van der Waals surface area (Å²) in [7, 11) is 0. The molecule has 0 saturated heterocycles. The number of carbonyl (C=O) groups excluding carboxylic acids is 1. The molecule has 0 heterocycles. The van der Waals surface area contributed by atoms with Gasteiger partial charge in [0.15, 0.2) is 0 Å². The van der Waals surface area contributed by atoms with Gasteiger partial charge in [-0.05, 0) is 37.1 Å². The van der Waals surface area contributed by atoms with Gasteiger partial charge in [0.2, 0.25) is 5.91 Å². The summed E-state index contributed by atoms with van der Waals surface area (Å²) in [6, 6.07) is 3.74. The molecule has 1 amide bonds. The number of carboxylic acid groups (broad SMARTS) is 1. The van der Waals surface area contributed by atoms with Gasteiger partial charge in [0.1, 0.15) is 0 Å². The van der Waals surface area contributed by atoms with Crippen LogP contribution in [0.1, 0.15) is 11.1 Å². The molecular formula is C12H14BrNO3S. The van der Waals surface area contributed by atoms with Gasteiger partial charge in [-0.15, -0.1) is 11.8 Å². The van der Waals surface area contributed by atoms with Crippen LogP contribution in [-0.4, -0.2) is 28.5 Å². The SMILES string of the molecule is Cc1cc(NC(=O)CSCC(=O)O)cc(C)c1Br. The van der Waals surface area contributed by atoms with Crippen molar-refractivity contribution in [2.75, 3.05) is 16.8 Å². The third-order valence-corrected chi connectivity index (χ3v) is 4.35. The molecule has 0 saturated carbocycles. The summed E-state index contributed by atoms with van der Waals surface area (Å²) in [5.74, 6) is -1.03. The Bertz CT molecular complexity index is 453. The van der Waals surface area contributed by atoms with Gasteiger partial charge in [0, 0.05) is 10.2 Å². The summed E-state index contributed by atoms with van der Waals surface area (Å²) in [6.07, 6.45) is 0. The number of anilines is 1. The highest BCUT2D eigenvalue weighted by Crippen LogP contribution is 2.25. The Morgan fingerprint density at radius 3 is 2.33 bits per heavy atom. The van der Waals surface area contributed by atoms with E-state index in [1.54, 1.807) is 0 Å². The molecule has 0 fully saturated rings. The zero-order chi connectivity index (χ0) is 13.7. The molecule has 4 nitrogen and oxygen atoms in total. The molecule has 0 bridgehead atoms. The fraction of sp³-hybridized carbons (Fsp3) is 0.333. The van der Waals surface area contributed by atoms with Crippen molar-refractivity contribution in [2.45, 2.75) is 13.8 Å². The first-order valence-corrected chi connectivity index (χ1v) is 7.21. The van der Waals surface area contributed by atoms with Crippen molar-refractivity contribution >= 4 is 45.3 Å². The van der Waals surface area contributed by atoms with Gasteiger partial charge in [-0.3, -0.25) is 9.59 Å². The lowest BCUT2D eigenvalue weighted by Gasteiger charge is -2.09. The number of aliphatic carboxylic acids is 1. The molecule has 0 aromatic heterocycles. The number of amides is 1. The van der Waals surface area contributed by atoms with E-state index in [-0.39, 0.29) is 17.4 Å². The molecule has 0 aliphatic rings. The minimum Gasteiger partial charge on any atom is -0.481 e. The van der Waals surface area contributed by atoms with E-state index in [2.05, 4.69) is 21.2 Å². The monoisotopic (exact) mass is 331 g/mol. The summed E-state index contributed by atoms with van der Waals surface area (Å²) >= 11 is 4.53. The first-order valence-electron chi connectivity index (χ1n) is 5.26. The molecular weight excluding hydrogens is 318 g/mol. The number of carbonyl (C=O) groups is 2. The highest BCUT2D eigenvalue weighted by atomic mass is 79.9. The normalized spacial score (nSPS) is 10.2. The summed E-state index contributed by atoms with van der Waals surface area (Å²) in [4.78, 5) is 21.9. The standard InChI is InChI=1S/C12H14BrNO3S/c1-7-3-9(4-8(2)12(7)13)14-10(15)5-18-6-11(16)17/h3-4H,5-6H2,1-2H3,(H,14,15)(H,16,17). The lowest BCUT2D eigenvalue weighted by molar-refractivity contribution is -0.133. The third-order valence-electron chi connectivity index (χ3n) is 2.18. The predicted molar refractivity (Wildman–Crippen MR) is 77.2 cm³/mol. The number of benzene rings is 1. The average molecular weight is 332 g/mol. The molecule has 18 heavy (non-hydrogen) atoms. The molecule has 1 rings (SSSR count). The van der Waals surface area contributed by atoms with Crippen LogP contribution < -0.4 is 5.32 Å². The van der Waals surface area contributed by atoms with E-state index < -0.39 is 5.97 Å². The molecule has 6 heteroatoms. The number of rotatable bonds is 5. The van der Waals surface area contributed by atoms with E-state index in [0.29, 0.717) is 0 Å². The number of halogens is 1. The van der Waals surface area contributed by atoms with Crippen LogP contribution in [0.25, 0.3) is 0 Å². The highest BCUT2D eigenvalue weighted by molar-refractivity contribution is 9.10. The van der Waals surface area contributed by atoms with Crippen molar-refractivity contribution in [3.05, 3.63) is 27.7 Å². The number of thioether (sulfide) groups is 1. The fourth-order valence-electron chi connectivity index (χ4n) is 1.45. The second kappa shape index (κ2) is 6.80. The quantitative estimate of drug-likeness (QED) is 0.870. The molecule has 1 aromatic carbocycles. The van der Waals surface area contributed by atoms with E-state index in [1.807, 2.05) is 26.0 Å². The summed E-state index contributed by atoms with van der Waals surface area (Å²) in [6.45, 7) is 3.90. The maximum atomic E-state index is 11.6. The maximum Gasteiger partial charge on any atom is 0.313 e. The Morgan fingerprint density at radius 1 is 1.28 bits per heavy atom. The van der Waals surface area contributed by atoms with Crippen molar-refractivity contribution in [1.82, 2.24) is 0 Å². The van der Waals surface area contributed by atoms with Gasteiger partial charge >= 0.3 is 5.97 Å². The number of carboxylic acids is 1. The van der Waals surface area contributed by atoms with E-state index >= 15 is 0 Å². The number of aryl methyl sites for hydroxylation is 2. The lowest BCUT2D eigenvalue weighted by atomic mass is 10.1. The molecule has 0 atom stereocenters. The Morgan fingerprint density at radius 2 is 1.83 bits per heavy atom. The number of hydrogen-bond donors (Lipinski definition) is 2. The lowest BCUT2D eigenvalue weighted by Crippen LogP contribution is -2.15. The van der Waals surface area contributed by atoms with Crippen LogP contribution >= 0.6 is 27.7 Å². The van der Waals surface area contributed by atoms with Crippen LogP contribution in [0.2, 0.25) is 0 Å². The Balaban J connectivity index is 2.57. The second-order valence-electron chi connectivity index (χ2n) is 3.86. The Hall–Kier alpha value is -1.01. The van der Waals surface area contributed by atoms with Gasteiger partial charge in [-0.1, -0.05) is 15.9 Å². The van der Waals surface area contributed by atoms with Gasteiger partial charge < -0.3 is 10.4 Å². The van der Waals surface area contributed by atoms with E-state index in [1.165, 1.54) is 0 Å². The van der Waals surface area contributed by atoms with E-state index in [0.717, 1.165) is 33.0 Å². The van der Waals surface area contributed by atoms with Crippen LogP contribution in [-0.2, 0) is 9.59 Å². The van der Waals surface area contributed by atoms with Crippen molar-refractivity contribution in [2.24, 2.45) is 0 Å². The molecule has 1 aromatic rings. The first-order chi connectivity index (χ1) is 8.40. The molecule has 0 radical (unpaired) electrons. The Kier molecular flexibility index (Phi) is 5.68. The van der Waals surface area contributed by atoms with Crippen molar-refractivity contribution in [3.8, 4) is 0 Å². The van der Waals surface area contributed by atoms with Gasteiger partial charge in [0.25, 0.3) is 0 Å². The van der Waals surface area contributed by atoms with Crippen LogP contribution in [0.3, 0.4) is 0 Å². The molecule has 0 spiro atoms. The molecule has 0 aliphatic heterocycles. The number of hydrogen-bond acceptors (Lipinski definition) is 3. The average Bonchev–Trinajstić information content (AvgIpc) is 2.25. The highest BCUT2D eigenvalue weighted by Gasteiger charge is 2.07. The summed E-state index contributed by atoms with van der Waals surface area (Å²) in [5.41, 5.74) is 2.82. The zero-order valence-electron chi connectivity index (χ0n) is 10.1. The zero-order valence-corrected chi connectivity index (χ0v) is 12.5. The van der Waals surface area contributed by atoms with Gasteiger partial charge in [-0.2, -0.15) is 0 Å². The minimum absolute atomic E-state index is 0.0637. The first kappa shape index (κ1) is 15.0. The predicted octanol–water partition coefficient (Wildman–Crippen LogP) is 2.82. The Labute approximate surface area is 118 Å². The van der Waals surface area contributed by atoms with Gasteiger partial charge in [0.05, 0.1) is 11.5 Å². The van der Waals surface area contributed by atoms with Crippen molar-refractivity contribution in [1.29, 1.82) is 0 Å². The second-order valence-corrected chi connectivity index (χ2v) is 5.64. The maximum absolute atomic E-state index is 11.6. The molecule has 98 valence electrons. The van der Waals surface area contributed by atoms with Crippen LogP contribution in [0, 0.1) is 13.8 Å². The third kappa shape index (κ3) is 4.70. The van der Waals surface area contributed by atoms with Crippen LogP contribution in [0.4, 0.5) is 5.69 Å². The van der Waals surface area contributed by atoms with Crippen LogP contribution in [0.5, 0.6) is 0 Å². The molecule has 2 N–H and O–H groups in total. The number of nitrogens with one attached hydrogen (secondary N) is 1. The topological polar surface area (TPSA) is 66.4 Å². The molecule has 0 aliphatic carbocycles. The van der Waals surface area contributed by atoms with E-state index in [4.69, 9.17) is 5.11 Å². The summed E-state index contributed by atoms with van der Waals surface area (Å²) in [5, 5.41) is 11.2. The van der Waals surface area contributed by atoms with Crippen molar-refractivity contribution < 1.29 is 14.7 Å². The molecule has 0 unspecified atom stereocenters. The van der Waals surface area contributed by atoms with Crippen molar-refractivity contribution in [3.63, 3.8) is 0 Å². The fourth-order valence-corrected chi connectivity index (χ4v) is 2.21. The van der Waals surface area contributed by atoms with E-state index in [9.17, 15) is 9.59 Å². The largest absolute Gasteiger partial charge is 0.481 e.